The number of carbonyl (C=O) groups is 1. The fourth-order valence-corrected chi connectivity index (χ4v) is 2.10. The minimum Gasteiger partial charge on any atom is -0.394 e. The Morgan fingerprint density at radius 1 is 1.47 bits per heavy atom. The lowest BCUT2D eigenvalue weighted by Gasteiger charge is -2.23. The Morgan fingerprint density at radius 3 is 2.53 bits per heavy atom. The summed E-state index contributed by atoms with van der Waals surface area (Å²) < 4.78 is 1.75. The van der Waals surface area contributed by atoms with Crippen LogP contribution >= 0.6 is 0 Å². The fraction of sp³-hybridized carbons (Fsp3) is 0.692. The largest absolute Gasteiger partial charge is 0.394 e. The number of rotatable bonds is 6. The quantitative estimate of drug-likeness (QED) is 0.803. The highest BCUT2D eigenvalue weighted by molar-refractivity contribution is 5.82. The van der Waals surface area contributed by atoms with E-state index in [1.54, 1.807) is 4.68 Å². The van der Waals surface area contributed by atoms with Crippen molar-refractivity contribution in [3.8, 4) is 0 Å². The van der Waals surface area contributed by atoms with Crippen molar-refractivity contribution in [1.29, 1.82) is 0 Å². The van der Waals surface area contributed by atoms with E-state index in [-0.39, 0.29) is 11.9 Å². The summed E-state index contributed by atoms with van der Waals surface area (Å²) in [6.07, 6.45) is 0.787. The van der Waals surface area contributed by atoms with Gasteiger partial charge in [0.1, 0.15) is 0 Å². The molecule has 3 N–H and O–H groups in total. The molecule has 0 spiro atoms. The molecule has 19 heavy (non-hydrogen) atoms. The molecule has 6 heteroatoms. The summed E-state index contributed by atoms with van der Waals surface area (Å²) in [5.74, 6) is 0.814. The Bertz CT molecular complexity index is 438. The molecule has 6 nitrogen and oxygen atoms in total. The Kier molecular flexibility index (Phi) is 5.20. The van der Waals surface area contributed by atoms with Crippen molar-refractivity contribution in [2.45, 2.75) is 40.2 Å². The molecule has 0 fully saturated rings. The standard InChI is InChI=1S/C13H25N5O/c1-6-10-12(14)13(17(5)16-10)18(7-2)8-11(19)15-9(3)4/h9H,6-8,14H2,1-5H3,(H,15,19). The van der Waals surface area contributed by atoms with E-state index in [2.05, 4.69) is 10.4 Å². The number of nitrogens with one attached hydrogen (secondary N) is 1. The molecule has 1 rings (SSSR count). The Morgan fingerprint density at radius 2 is 2.11 bits per heavy atom. The predicted octanol–water partition coefficient (Wildman–Crippen LogP) is 0.916. The first-order valence-electron chi connectivity index (χ1n) is 6.76. The van der Waals surface area contributed by atoms with Crippen molar-refractivity contribution in [3.63, 3.8) is 0 Å². The average Bonchev–Trinajstić information content (AvgIpc) is 2.61. The van der Waals surface area contributed by atoms with Crippen molar-refractivity contribution in [1.82, 2.24) is 15.1 Å². The van der Waals surface area contributed by atoms with Gasteiger partial charge in [-0.3, -0.25) is 9.48 Å². The molecule has 0 bridgehead atoms. The highest BCUT2D eigenvalue weighted by Crippen LogP contribution is 2.26. The first-order chi connectivity index (χ1) is 8.90. The highest BCUT2D eigenvalue weighted by Gasteiger charge is 2.19. The van der Waals surface area contributed by atoms with Crippen LogP contribution in [0.25, 0.3) is 0 Å². The van der Waals surface area contributed by atoms with Gasteiger partial charge in [0.15, 0.2) is 5.82 Å². The van der Waals surface area contributed by atoms with E-state index in [4.69, 9.17) is 5.73 Å². The minimum absolute atomic E-state index is 0.00417. The summed E-state index contributed by atoms with van der Waals surface area (Å²) in [5, 5.41) is 7.27. The molecule has 1 aromatic heterocycles. The first-order valence-corrected chi connectivity index (χ1v) is 6.76. The van der Waals surface area contributed by atoms with Crippen LogP contribution in [0.3, 0.4) is 0 Å². The highest BCUT2D eigenvalue weighted by atomic mass is 16.2. The van der Waals surface area contributed by atoms with Gasteiger partial charge in [-0.15, -0.1) is 0 Å². The molecule has 0 saturated heterocycles. The van der Waals surface area contributed by atoms with Crippen molar-refractivity contribution in [3.05, 3.63) is 5.69 Å². The maximum absolute atomic E-state index is 11.9. The van der Waals surface area contributed by atoms with E-state index in [9.17, 15) is 4.79 Å². The number of hydrogen-bond acceptors (Lipinski definition) is 4. The van der Waals surface area contributed by atoms with E-state index < -0.39 is 0 Å². The summed E-state index contributed by atoms with van der Waals surface area (Å²) in [4.78, 5) is 13.8. The van der Waals surface area contributed by atoms with Gasteiger partial charge < -0.3 is 16.0 Å². The van der Waals surface area contributed by atoms with Crippen LogP contribution in [0.1, 0.15) is 33.4 Å². The van der Waals surface area contributed by atoms with Gasteiger partial charge in [0.2, 0.25) is 5.91 Å². The number of anilines is 2. The zero-order valence-electron chi connectivity index (χ0n) is 12.5. The predicted molar refractivity (Wildman–Crippen MR) is 78.2 cm³/mol. The Balaban J connectivity index is 2.91. The van der Waals surface area contributed by atoms with Crippen LogP contribution in [0.2, 0.25) is 0 Å². The summed E-state index contributed by atoms with van der Waals surface area (Å²) in [5.41, 5.74) is 7.66. The minimum atomic E-state index is -0.00417. The molecule has 0 radical (unpaired) electrons. The molecule has 0 saturated carbocycles. The molecule has 0 unspecified atom stereocenters. The van der Waals surface area contributed by atoms with Crippen LogP contribution in [0.4, 0.5) is 11.5 Å². The third-order valence-electron chi connectivity index (χ3n) is 2.93. The van der Waals surface area contributed by atoms with Gasteiger partial charge in [-0.1, -0.05) is 6.92 Å². The number of nitrogens with two attached hydrogens (primary N) is 1. The van der Waals surface area contributed by atoms with Gasteiger partial charge >= 0.3 is 0 Å². The number of nitrogen functional groups attached to an aromatic ring is 1. The third kappa shape index (κ3) is 3.62. The van der Waals surface area contributed by atoms with E-state index in [0.29, 0.717) is 18.8 Å². The molecule has 0 aliphatic carbocycles. The summed E-state index contributed by atoms with van der Waals surface area (Å²) >= 11 is 0. The van der Waals surface area contributed by atoms with Gasteiger partial charge in [0.25, 0.3) is 0 Å². The normalized spacial score (nSPS) is 10.8. The number of hydrogen-bond donors (Lipinski definition) is 2. The van der Waals surface area contributed by atoms with Gasteiger partial charge in [0, 0.05) is 19.6 Å². The Hall–Kier alpha value is -1.72. The summed E-state index contributed by atoms with van der Waals surface area (Å²) in [7, 11) is 1.86. The summed E-state index contributed by atoms with van der Waals surface area (Å²) in [6.45, 7) is 8.91. The maximum atomic E-state index is 11.9. The van der Waals surface area contributed by atoms with E-state index in [1.807, 2.05) is 39.6 Å². The van der Waals surface area contributed by atoms with Crippen LogP contribution in [0.5, 0.6) is 0 Å². The molecule has 1 heterocycles. The topological polar surface area (TPSA) is 76.2 Å². The molecular formula is C13H25N5O. The summed E-state index contributed by atoms with van der Waals surface area (Å²) in [6, 6.07) is 0.140. The second kappa shape index (κ2) is 6.45. The number of amides is 1. The van der Waals surface area contributed by atoms with E-state index in [1.165, 1.54) is 0 Å². The zero-order chi connectivity index (χ0) is 14.6. The molecule has 1 amide bonds. The van der Waals surface area contributed by atoms with E-state index in [0.717, 1.165) is 17.9 Å². The number of aromatic nitrogens is 2. The molecular weight excluding hydrogens is 242 g/mol. The fourth-order valence-electron chi connectivity index (χ4n) is 2.10. The van der Waals surface area contributed by atoms with Crippen LogP contribution < -0.4 is 16.0 Å². The molecule has 0 atom stereocenters. The van der Waals surface area contributed by atoms with Crippen molar-refractivity contribution in [2.24, 2.45) is 7.05 Å². The lowest BCUT2D eigenvalue weighted by molar-refractivity contribution is -0.120. The maximum Gasteiger partial charge on any atom is 0.239 e. The first kappa shape index (κ1) is 15.3. The molecule has 0 aromatic carbocycles. The van der Waals surface area contributed by atoms with Gasteiger partial charge in [-0.2, -0.15) is 5.10 Å². The second-order valence-corrected chi connectivity index (χ2v) is 4.90. The third-order valence-corrected chi connectivity index (χ3v) is 2.93. The number of likely N-dealkylation sites (N-methyl/N-ethyl adjacent to an activating group) is 1. The van der Waals surface area contributed by atoms with Crippen molar-refractivity contribution >= 4 is 17.4 Å². The zero-order valence-corrected chi connectivity index (χ0v) is 12.5. The van der Waals surface area contributed by atoms with Crippen LogP contribution in [0, 0.1) is 0 Å². The van der Waals surface area contributed by atoms with Gasteiger partial charge in [-0.25, -0.2) is 0 Å². The lowest BCUT2D eigenvalue weighted by atomic mass is 10.3. The van der Waals surface area contributed by atoms with Gasteiger partial charge in [0.05, 0.1) is 17.9 Å². The second-order valence-electron chi connectivity index (χ2n) is 4.90. The van der Waals surface area contributed by atoms with Crippen molar-refractivity contribution < 1.29 is 4.79 Å². The SMILES string of the molecule is CCc1nn(C)c(N(CC)CC(=O)NC(C)C)c1N. The molecule has 0 aliphatic heterocycles. The smallest absolute Gasteiger partial charge is 0.239 e. The van der Waals surface area contributed by atoms with Crippen LogP contribution in [0.15, 0.2) is 0 Å². The van der Waals surface area contributed by atoms with Crippen LogP contribution in [-0.4, -0.2) is 34.8 Å². The number of carbonyl (C=O) groups excluding carboxylic acids is 1. The Labute approximate surface area is 114 Å². The average molecular weight is 267 g/mol. The van der Waals surface area contributed by atoms with Crippen molar-refractivity contribution in [2.75, 3.05) is 23.7 Å². The molecule has 108 valence electrons. The van der Waals surface area contributed by atoms with Crippen LogP contribution in [-0.2, 0) is 18.3 Å². The molecule has 1 aromatic rings. The molecule has 0 aliphatic rings. The van der Waals surface area contributed by atoms with Gasteiger partial charge in [-0.05, 0) is 27.2 Å². The number of aryl methyl sites for hydroxylation is 2. The lowest BCUT2D eigenvalue weighted by Crippen LogP contribution is -2.41. The van der Waals surface area contributed by atoms with E-state index >= 15 is 0 Å². The number of nitrogens with zero attached hydrogens (tertiary/aromatic N) is 3. The monoisotopic (exact) mass is 267 g/mol.